The Morgan fingerprint density at radius 1 is 1.56 bits per heavy atom. The number of hydrogen-bond donors (Lipinski definition) is 1. The zero-order valence-electron chi connectivity index (χ0n) is 9.80. The number of hydrogen-bond acceptors (Lipinski definition) is 3. The lowest BCUT2D eigenvalue weighted by atomic mass is 10.1. The van der Waals surface area contributed by atoms with E-state index in [1.165, 1.54) is 0 Å². The van der Waals surface area contributed by atoms with Crippen molar-refractivity contribution in [2.24, 2.45) is 4.99 Å². The molecule has 1 aliphatic heterocycles. The highest BCUT2D eigenvalue weighted by Gasteiger charge is 2.20. The number of carboxylic acid groups (broad SMARTS) is 1. The molecule has 1 aliphatic rings. The third-order valence-electron chi connectivity index (χ3n) is 2.70. The van der Waals surface area contributed by atoms with Crippen LogP contribution in [0.15, 0.2) is 29.3 Å². The number of carboxylic acids is 1. The summed E-state index contributed by atoms with van der Waals surface area (Å²) < 4.78 is 5.60. The fraction of sp³-hybridized carbons (Fsp3) is 0.385. The van der Waals surface area contributed by atoms with Crippen LogP contribution < -0.4 is 0 Å². The molecule has 0 saturated carbocycles. The fourth-order valence-corrected chi connectivity index (χ4v) is 2.04. The summed E-state index contributed by atoms with van der Waals surface area (Å²) in [6.07, 6.45) is 1.11. The van der Waals surface area contributed by atoms with Crippen molar-refractivity contribution in [3.8, 4) is 0 Å². The van der Waals surface area contributed by atoms with Crippen molar-refractivity contribution in [3.05, 3.63) is 34.9 Å². The number of nitrogens with zero attached hydrogens (tertiary/aromatic N) is 1. The van der Waals surface area contributed by atoms with Crippen LogP contribution in [0.2, 0.25) is 5.02 Å². The van der Waals surface area contributed by atoms with E-state index in [4.69, 9.17) is 21.4 Å². The van der Waals surface area contributed by atoms with E-state index in [2.05, 4.69) is 4.99 Å². The first-order valence-corrected chi connectivity index (χ1v) is 6.17. The maximum absolute atomic E-state index is 10.5. The van der Waals surface area contributed by atoms with Crippen molar-refractivity contribution >= 4 is 23.5 Å². The van der Waals surface area contributed by atoms with Crippen LogP contribution in [0.25, 0.3) is 0 Å². The van der Waals surface area contributed by atoms with Gasteiger partial charge in [-0.3, -0.25) is 9.79 Å². The van der Waals surface area contributed by atoms with E-state index < -0.39 is 5.97 Å². The number of halogens is 1. The number of carbonyl (C=O) groups is 1. The molecule has 1 unspecified atom stereocenters. The van der Waals surface area contributed by atoms with E-state index in [1.807, 2.05) is 24.3 Å². The third-order valence-corrected chi connectivity index (χ3v) is 2.93. The van der Waals surface area contributed by atoms with Crippen LogP contribution in [0.5, 0.6) is 0 Å². The van der Waals surface area contributed by atoms with Gasteiger partial charge in [0.25, 0.3) is 0 Å². The van der Waals surface area contributed by atoms with Gasteiger partial charge in [0.2, 0.25) is 0 Å². The van der Waals surface area contributed by atoms with Crippen LogP contribution in [0.4, 0.5) is 0 Å². The van der Waals surface area contributed by atoms with Crippen molar-refractivity contribution in [2.45, 2.75) is 25.4 Å². The molecule has 1 heterocycles. The number of aliphatic imine (C=N–C) groups is 1. The summed E-state index contributed by atoms with van der Waals surface area (Å²) in [7, 11) is 0. The highest BCUT2D eigenvalue weighted by Crippen LogP contribution is 2.16. The first kappa shape index (κ1) is 12.9. The molecule has 0 radical (unpaired) electrons. The first-order chi connectivity index (χ1) is 8.63. The van der Waals surface area contributed by atoms with Crippen molar-refractivity contribution in [1.82, 2.24) is 0 Å². The summed E-state index contributed by atoms with van der Waals surface area (Å²) in [6.45, 7) is 0.545. The van der Waals surface area contributed by atoms with E-state index >= 15 is 0 Å². The summed E-state index contributed by atoms with van der Waals surface area (Å²) in [5.41, 5.74) is 1.04. The van der Waals surface area contributed by atoms with Crippen LogP contribution in [0, 0.1) is 0 Å². The second-order valence-corrected chi connectivity index (χ2v) is 4.65. The monoisotopic (exact) mass is 267 g/mol. The van der Waals surface area contributed by atoms with Gasteiger partial charge < -0.3 is 9.84 Å². The molecule has 0 aromatic heterocycles. The van der Waals surface area contributed by atoms with E-state index in [1.54, 1.807) is 0 Å². The zero-order chi connectivity index (χ0) is 13.0. The summed E-state index contributed by atoms with van der Waals surface area (Å²) in [4.78, 5) is 14.7. The van der Waals surface area contributed by atoms with Gasteiger partial charge in [-0.1, -0.05) is 23.7 Å². The molecule has 1 aromatic carbocycles. The minimum absolute atomic E-state index is 0.102. The van der Waals surface area contributed by atoms with Crippen LogP contribution in [0.3, 0.4) is 0 Å². The molecular weight excluding hydrogens is 254 g/mol. The maximum atomic E-state index is 10.5. The summed E-state index contributed by atoms with van der Waals surface area (Å²) >= 11 is 5.90. The molecule has 4 nitrogen and oxygen atoms in total. The van der Waals surface area contributed by atoms with Gasteiger partial charge >= 0.3 is 5.97 Å². The topological polar surface area (TPSA) is 58.9 Å². The Morgan fingerprint density at radius 3 is 3.11 bits per heavy atom. The van der Waals surface area contributed by atoms with Crippen LogP contribution in [-0.2, 0) is 16.0 Å². The van der Waals surface area contributed by atoms with Crippen molar-refractivity contribution in [1.29, 1.82) is 0 Å². The molecule has 2 rings (SSSR count). The first-order valence-electron chi connectivity index (χ1n) is 5.79. The van der Waals surface area contributed by atoms with Gasteiger partial charge in [0.15, 0.2) is 5.90 Å². The average molecular weight is 268 g/mol. The Hall–Kier alpha value is -1.55. The molecular formula is C13H14ClNO3. The van der Waals surface area contributed by atoms with Crippen molar-refractivity contribution in [3.63, 3.8) is 0 Å². The Bertz CT molecular complexity index is 473. The second kappa shape index (κ2) is 5.87. The van der Waals surface area contributed by atoms with Crippen molar-refractivity contribution in [2.75, 3.05) is 6.54 Å². The molecule has 0 spiro atoms. The minimum atomic E-state index is -0.804. The quantitative estimate of drug-likeness (QED) is 0.892. The molecule has 0 saturated heterocycles. The molecule has 5 heteroatoms. The number of ether oxygens (including phenoxy) is 1. The highest BCUT2D eigenvalue weighted by atomic mass is 35.5. The minimum Gasteiger partial charge on any atom is -0.481 e. The van der Waals surface area contributed by atoms with Crippen molar-refractivity contribution < 1.29 is 14.6 Å². The molecule has 0 bridgehead atoms. The molecule has 1 atom stereocenters. The van der Waals surface area contributed by atoms with Gasteiger partial charge in [-0.25, -0.2) is 0 Å². The van der Waals surface area contributed by atoms with Gasteiger partial charge in [-0.2, -0.15) is 0 Å². The van der Waals surface area contributed by atoms with Gasteiger partial charge in [-0.05, 0) is 24.1 Å². The van der Waals surface area contributed by atoms with Gasteiger partial charge in [0.1, 0.15) is 6.10 Å². The lowest BCUT2D eigenvalue weighted by Gasteiger charge is -2.09. The predicted octanol–water partition coefficient (Wildman–Crippen LogP) is 2.54. The smallest absolute Gasteiger partial charge is 0.303 e. The molecule has 96 valence electrons. The third kappa shape index (κ3) is 3.74. The standard InChI is InChI=1S/C13H14ClNO3/c14-10-3-1-2-9(6-10)7-12-15-8-11(18-12)4-5-13(16)17/h1-3,6,11H,4-5,7-8H2,(H,16,17). The highest BCUT2D eigenvalue weighted by molar-refractivity contribution is 6.30. The lowest BCUT2D eigenvalue weighted by molar-refractivity contribution is -0.137. The summed E-state index contributed by atoms with van der Waals surface area (Å²) in [5.74, 6) is -0.144. The maximum Gasteiger partial charge on any atom is 0.303 e. The zero-order valence-corrected chi connectivity index (χ0v) is 10.6. The van der Waals surface area contributed by atoms with E-state index in [9.17, 15) is 4.79 Å². The average Bonchev–Trinajstić information content (AvgIpc) is 2.74. The lowest BCUT2D eigenvalue weighted by Crippen LogP contribution is -2.15. The normalized spacial score (nSPS) is 18.3. The van der Waals surface area contributed by atoms with Crippen LogP contribution in [-0.4, -0.2) is 29.6 Å². The molecule has 0 fully saturated rings. The largest absolute Gasteiger partial charge is 0.481 e. The summed E-state index contributed by atoms with van der Waals surface area (Å²) in [6, 6.07) is 7.54. The Morgan fingerprint density at radius 2 is 2.39 bits per heavy atom. The Balaban J connectivity index is 1.84. The fourth-order valence-electron chi connectivity index (χ4n) is 1.82. The van der Waals surface area contributed by atoms with Gasteiger partial charge in [-0.15, -0.1) is 0 Å². The van der Waals surface area contributed by atoms with Gasteiger partial charge in [0.05, 0.1) is 6.54 Å². The van der Waals surface area contributed by atoms with Crippen LogP contribution in [0.1, 0.15) is 18.4 Å². The Labute approximate surface area is 110 Å². The van der Waals surface area contributed by atoms with E-state index in [-0.39, 0.29) is 12.5 Å². The molecule has 18 heavy (non-hydrogen) atoms. The molecule has 0 amide bonds. The van der Waals surface area contributed by atoms with E-state index in [0.717, 1.165) is 5.56 Å². The molecule has 1 N–H and O–H groups in total. The molecule has 0 aliphatic carbocycles. The summed E-state index contributed by atoms with van der Waals surface area (Å²) in [5, 5.41) is 9.29. The predicted molar refractivity (Wildman–Crippen MR) is 69.2 cm³/mol. The van der Waals surface area contributed by atoms with E-state index in [0.29, 0.717) is 30.3 Å². The Kier molecular flexibility index (Phi) is 4.20. The number of benzene rings is 1. The number of rotatable bonds is 5. The SMILES string of the molecule is O=C(O)CCC1CN=C(Cc2cccc(Cl)c2)O1. The molecule has 1 aromatic rings. The number of aliphatic carboxylic acids is 1. The second-order valence-electron chi connectivity index (χ2n) is 4.21. The van der Waals surface area contributed by atoms with Gasteiger partial charge in [0, 0.05) is 17.9 Å². The van der Waals surface area contributed by atoms with Crippen LogP contribution >= 0.6 is 11.6 Å².